The van der Waals surface area contributed by atoms with Gasteiger partial charge in [0.15, 0.2) is 4.34 Å². The number of carbonyl (C=O) groups is 1. The van der Waals surface area contributed by atoms with Crippen molar-refractivity contribution in [2.45, 2.75) is 10.4 Å². The first kappa shape index (κ1) is 19.0. The van der Waals surface area contributed by atoms with E-state index in [9.17, 15) is 4.79 Å². The maximum absolute atomic E-state index is 12.7. The average molecular weight is 429 g/mol. The maximum Gasteiger partial charge on any atom is 0.231 e. The number of nitrogens with zero attached hydrogens (tertiary/aromatic N) is 3. The molecule has 1 amide bonds. The maximum atomic E-state index is 12.7. The molecule has 8 heteroatoms. The third-order valence-electron chi connectivity index (χ3n) is 4.23. The molecule has 0 spiro atoms. The summed E-state index contributed by atoms with van der Waals surface area (Å²) in [5, 5.41) is 3.74. The lowest BCUT2D eigenvalue weighted by Gasteiger charge is -2.19. The Hall–Kier alpha value is -2.35. The number of imidazole rings is 1. The number of halogens is 1. The van der Waals surface area contributed by atoms with Gasteiger partial charge in [0.05, 0.1) is 16.0 Å². The zero-order valence-corrected chi connectivity index (χ0v) is 17.4. The molecule has 0 aliphatic carbocycles. The summed E-state index contributed by atoms with van der Waals surface area (Å²) in [6.07, 6.45) is 3.58. The third kappa shape index (κ3) is 4.22. The Kier molecular flexibility index (Phi) is 5.66. The third-order valence-corrected chi connectivity index (χ3v) is 6.66. The van der Waals surface area contributed by atoms with E-state index < -0.39 is 0 Å². The second-order valence-corrected chi connectivity index (χ2v) is 8.87. The van der Waals surface area contributed by atoms with Gasteiger partial charge in [-0.25, -0.2) is 9.97 Å². The van der Waals surface area contributed by atoms with E-state index in [2.05, 4.69) is 15.3 Å². The van der Waals surface area contributed by atoms with Crippen LogP contribution in [0.15, 0.2) is 65.3 Å². The fourth-order valence-electron chi connectivity index (χ4n) is 2.85. The number of fused-ring (bicyclic) bond motifs is 1. The second kappa shape index (κ2) is 8.34. The van der Waals surface area contributed by atoms with E-state index >= 15 is 0 Å². The predicted molar refractivity (Wildman–Crippen MR) is 115 cm³/mol. The number of aromatic nitrogens is 3. The summed E-state index contributed by atoms with van der Waals surface area (Å²) in [4.78, 5) is 21.6. The van der Waals surface area contributed by atoms with Crippen LogP contribution < -0.4 is 5.32 Å². The van der Waals surface area contributed by atoms with Gasteiger partial charge < -0.3 is 9.88 Å². The van der Waals surface area contributed by atoms with Gasteiger partial charge in [0.25, 0.3) is 0 Å². The molecule has 28 heavy (non-hydrogen) atoms. The minimum atomic E-state index is -0.347. The lowest BCUT2D eigenvalue weighted by atomic mass is 10.1. The molecule has 4 aromatic rings. The highest BCUT2D eigenvalue weighted by Gasteiger charge is 2.21. The van der Waals surface area contributed by atoms with Crippen molar-refractivity contribution in [1.29, 1.82) is 0 Å². The van der Waals surface area contributed by atoms with Crippen LogP contribution in [0.1, 0.15) is 17.4 Å². The standard InChI is InChI=1S/C20H17ClN4OS2/c1-25-11-10-22-19(25)18(13-6-8-14(21)9-7-13)24-17(26)12-27-20-23-15-4-2-3-5-16(15)28-20/h2-11,18H,12H2,1H3,(H,24,26)/t18-/m1/s1. The van der Waals surface area contributed by atoms with E-state index in [-0.39, 0.29) is 17.7 Å². The number of thiazole rings is 1. The van der Waals surface area contributed by atoms with Crippen LogP contribution in [-0.4, -0.2) is 26.2 Å². The smallest absolute Gasteiger partial charge is 0.231 e. The van der Waals surface area contributed by atoms with Gasteiger partial charge in [0.2, 0.25) is 5.91 Å². The zero-order chi connectivity index (χ0) is 19.5. The molecule has 1 atom stereocenters. The molecule has 0 aliphatic heterocycles. The average Bonchev–Trinajstić information content (AvgIpc) is 3.31. The van der Waals surface area contributed by atoms with Crippen molar-refractivity contribution in [3.63, 3.8) is 0 Å². The number of amides is 1. The van der Waals surface area contributed by atoms with Crippen molar-refractivity contribution in [3.8, 4) is 0 Å². The van der Waals surface area contributed by atoms with Crippen molar-refractivity contribution in [3.05, 3.63) is 77.3 Å². The van der Waals surface area contributed by atoms with Gasteiger partial charge in [-0.3, -0.25) is 4.79 Å². The zero-order valence-electron chi connectivity index (χ0n) is 15.0. The van der Waals surface area contributed by atoms with Gasteiger partial charge in [-0.15, -0.1) is 11.3 Å². The summed E-state index contributed by atoms with van der Waals surface area (Å²) < 4.78 is 3.91. The van der Waals surface area contributed by atoms with E-state index in [4.69, 9.17) is 11.6 Å². The first-order chi connectivity index (χ1) is 13.6. The molecule has 0 radical (unpaired) electrons. The van der Waals surface area contributed by atoms with Gasteiger partial charge in [-0.05, 0) is 29.8 Å². The summed E-state index contributed by atoms with van der Waals surface area (Å²) in [6.45, 7) is 0. The van der Waals surface area contributed by atoms with E-state index in [1.807, 2.05) is 66.3 Å². The van der Waals surface area contributed by atoms with Crippen LogP contribution in [0.3, 0.4) is 0 Å². The van der Waals surface area contributed by atoms with Crippen molar-refractivity contribution < 1.29 is 4.79 Å². The Bertz CT molecular complexity index is 1070. The quantitative estimate of drug-likeness (QED) is 0.453. The SMILES string of the molecule is Cn1ccnc1[C@H](NC(=O)CSc1nc2ccccc2s1)c1ccc(Cl)cc1. The summed E-state index contributed by atoms with van der Waals surface area (Å²) >= 11 is 9.05. The minimum absolute atomic E-state index is 0.0767. The van der Waals surface area contributed by atoms with Crippen molar-refractivity contribution in [2.24, 2.45) is 7.05 Å². The number of nitrogens with one attached hydrogen (secondary N) is 1. The number of carbonyl (C=O) groups excluding carboxylic acids is 1. The van der Waals surface area contributed by atoms with Crippen LogP contribution in [0.2, 0.25) is 5.02 Å². The fourth-order valence-corrected chi connectivity index (χ4v) is 4.86. The molecular formula is C20H17ClN4OS2. The molecule has 5 nitrogen and oxygen atoms in total. The monoisotopic (exact) mass is 428 g/mol. The Balaban J connectivity index is 1.49. The Labute approximate surface area is 175 Å². The van der Waals surface area contributed by atoms with Gasteiger partial charge in [0, 0.05) is 24.5 Å². The molecule has 2 aromatic heterocycles. The molecule has 0 aliphatic rings. The van der Waals surface area contributed by atoms with E-state index in [0.29, 0.717) is 5.02 Å². The van der Waals surface area contributed by atoms with E-state index in [1.54, 1.807) is 17.5 Å². The molecule has 4 rings (SSSR count). The molecule has 0 fully saturated rings. The normalized spacial score (nSPS) is 12.2. The van der Waals surface area contributed by atoms with Crippen molar-refractivity contribution >= 4 is 50.8 Å². The number of hydrogen-bond acceptors (Lipinski definition) is 5. The molecule has 1 N–H and O–H groups in total. The highest BCUT2D eigenvalue weighted by molar-refractivity contribution is 8.01. The Morgan fingerprint density at radius 2 is 2.04 bits per heavy atom. The van der Waals surface area contributed by atoms with Crippen LogP contribution in [0.5, 0.6) is 0 Å². The Morgan fingerprint density at radius 1 is 1.25 bits per heavy atom. The van der Waals surface area contributed by atoms with Gasteiger partial charge in [0.1, 0.15) is 11.9 Å². The molecule has 0 unspecified atom stereocenters. The van der Waals surface area contributed by atoms with Gasteiger partial charge in [-0.1, -0.05) is 47.6 Å². The van der Waals surface area contributed by atoms with Gasteiger partial charge >= 0.3 is 0 Å². The highest BCUT2D eigenvalue weighted by Crippen LogP contribution is 2.29. The minimum Gasteiger partial charge on any atom is -0.341 e. The van der Waals surface area contributed by atoms with Crippen LogP contribution in [0.4, 0.5) is 0 Å². The number of benzene rings is 2. The number of hydrogen-bond donors (Lipinski definition) is 1. The highest BCUT2D eigenvalue weighted by atomic mass is 35.5. The lowest BCUT2D eigenvalue weighted by Crippen LogP contribution is -2.32. The molecule has 0 saturated carbocycles. The summed E-state index contributed by atoms with van der Waals surface area (Å²) in [5.41, 5.74) is 1.89. The van der Waals surface area contributed by atoms with Crippen molar-refractivity contribution in [2.75, 3.05) is 5.75 Å². The lowest BCUT2D eigenvalue weighted by molar-refractivity contribution is -0.119. The summed E-state index contributed by atoms with van der Waals surface area (Å²) in [5.74, 6) is 0.974. The molecule has 2 aromatic carbocycles. The summed E-state index contributed by atoms with van der Waals surface area (Å²) in [6, 6.07) is 15.1. The molecule has 2 heterocycles. The van der Waals surface area contributed by atoms with Crippen molar-refractivity contribution in [1.82, 2.24) is 19.9 Å². The van der Waals surface area contributed by atoms with Crippen LogP contribution in [-0.2, 0) is 11.8 Å². The number of para-hydroxylation sites is 1. The Morgan fingerprint density at radius 3 is 2.75 bits per heavy atom. The molecule has 142 valence electrons. The van der Waals surface area contributed by atoms with Crippen LogP contribution in [0.25, 0.3) is 10.2 Å². The molecular weight excluding hydrogens is 412 g/mol. The number of rotatable bonds is 6. The van der Waals surface area contributed by atoms with E-state index in [0.717, 1.165) is 25.9 Å². The fraction of sp³-hybridized carbons (Fsp3) is 0.150. The topological polar surface area (TPSA) is 59.8 Å². The van der Waals surface area contributed by atoms with E-state index in [1.165, 1.54) is 11.8 Å². The largest absolute Gasteiger partial charge is 0.341 e. The number of aryl methyl sites for hydroxylation is 1. The predicted octanol–water partition coefficient (Wildman–Crippen LogP) is 4.68. The first-order valence-corrected chi connectivity index (χ1v) is 10.8. The summed E-state index contributed by atoms with van der Waals surface area (Å²) in [7, 11) is 1.91. The van der Waals surface area contributed by atoms with Crippen LogP contribution >= 0.6 is 34.7 Å². The van der Waals surface area contributed by atoms with Gasteiger partial charge in [-0.2, -0.15) is 0 Å². The first-order valence-electron chi connectivity index (χ1n) is 8.60. The van der Waals surface area contributed by atoms with Crippen LogP contribution in [0, 0.1) is 0 Å². The molecule has 0 saturated heterocycles. The second-order valence-electron chi connectivity index (χ2n) is 6.18. The number of thioether (sulfide) groups is 1. The molecule has 0 bridgehead atoms.